The van der Waals surface area contributed by atoms with E-state index in [1.165, 1.54) is 23.5 Å². The van der Waals surface area contributed by atoms with Gasteiger partial charge in [0.05, 0.1) is 16.8 Å². The van der Waals surface area contributed by atoms with Gasteiger partial charge in [0.15, 0.2) is 0 Å². The Balaban J connectivity index is 1.94. The Hall–Kier alpha value is -1.53. The molecule has 1 aromatic heterocycles. The zero-order valence-electron chi connectivity index (χ0n) is 11.4. The average Bonchev–Trinajstić information content (AvgIpc) is 2.91. The third-order valence-corrected chi connectivity index (χ3v) is 4.28. The smallest absolute Gasteiger partial charge is 0.235 e. The summed E-state index contributed by atoms with van der Waals surface area (Å²) in [6.45, 7) is 5.46. The Morgan fingerprint density at radius 2 is 2.35 bits per heavy atom. The molecule has 0 aliphatic carbocycles. The summed E-state index contributed by atoms with van der Waals surface area (Å²) in [7, 11) is 0. The third kappa shape index (κ3) is 2.53. The van der Waals surface area contributed by atoms with Crippen LogP contribution in [0.5, 0.6) is 0 Å². The van der Waals surface area contributed by atoms with Gasteiger partial charge in [0, 0.05) is 6.54 Å². The molecule has 1 aromatic carbocycles. The number of fused-ring (bicyclic) bond motifs is 1. The van der Waals surface area contributed by atoms with Crippen molar-refractivity contribution in [1.29, 1.82) is 0 Å². The van der Waals surface area contributed by atoms with Gasteiger partial charge in [0.2, 0.25) is 5.91 Å². The summed E-state index contributed by atoms with van der Waals surface area (Å²) in [6, 6.07) is 4.57. The number of nitrogens with zero attached hydrogens (tertiary/aromatic N) is 2. The maximum Gasteiger partial charge on any atom is 0.235 e. The fourth-order valence-electron chi connectivity index (χ4n) is 2.46. The summed E-state index contributed by atoms with van der Waals surface area (Å²) in [5.74, 6) is 0.223. The number of nitrogens with one attached hydrogen (secondary N) is 1. The van der Waals surface area contributed by atoms with Gasteiger partial charge in [-0.25, -0.2) is 9.37 Å². The minimum absolute atomic E-state index is 0.0149. The first-order valence-electron chi connectivity index (χ1n) is 6.62. The van der Waals surface area contributed by atoms with E-state index in [1.54, 1.807) is 6.07 Å². The van der Waals surface area contributed by atoms with Crippen LogP contribution in [0.15, 0.2) is 18.2 Å². The molecule has 2 heterocycles. The zero-order valence-corrected chi connectivity index (χ0v) is 12.2. The van der Waals surface area contributed by atoms with Crippen molar-refractivity contribution < 1.29 is 9.18 Å². The molecule has 1 atom stereocenters. The molecule has 0 spiro atoms. The molecule has 1 N–H and O–H groups in total. The number of thiazole rings is 1. The Kier molecular flexibility index (Phi) is 3.43. The molecule has 1 aliphatic rings. The van der Waals surface area contributed by atoms with Gasteiger partial charge < -0.3 is 5.32 Å². The number of benzene rings is 1. The minimum atomic E-state index is -0.262. The molecule has 2 aromatic rings. The van der Waals surface area contributed by atoms with Gasteiger partial charge in [-0.05, 0) is 24.1 Å². The highest BCUT2D eigenvalue weighted by Crippen LogP contribution is 2.31. The first-order chi connectivity index (χ1) is 9.52. The van der Waals surface area contributed by atoms with E-state index in [9.17, 15) is 9.18 Å². The molecule has 3 rings (SSSR count). The number of carbonyl (C=O) groups is 1. The topological polar surface area (TPSA) is 45.2 Å². The van der Waals surface area contributed by atoms with Crippen LogP contribution in [-0.4, -0.2) is 28.9 Å². The Morgan fingerprint density at radius 1 is 1.55 bits per heavy atom. The van der Waals surface area contributed by atoms with E-state index >= 15 is 0 Å². The van der Waals surface area contributed by atoms with Crippen molar-refractivity contribution >= 4 is 27.5 Å². The van der Waals surface area contributed by atoms with Crippen LogP contribution in [0.1, 0.15) is 25.0 Å². The van der Waals surface area contributed by atoms with E-state index in [0.717, 1.165) is 21.8 Å². The highest BCUT2D eigenvalue weighted by molar-refractivity contribution is 7.18. The number of amides is 1. The lowest BCUT2D eigenvalue weighted by molar-refractivity contribution is -0.118. The number of rotatable bonds is 3. The average molecular weight is 293 g/mol. The third-order valence-electron chi connectivity index (χ3n) is 3.21. The van der Waals surface area contributed by atoms with Gasteiger partial charge >= 0.3 is 0 Å². The Morgan fingerprint density at radius 3 is 3.10 bits per heavy atom. The fourth-order valence-corrected chi connectivity index (χ4v) is 3.53. The lowest BCUT2D eigenvalue weighted by atomic mass is 10.2. The maximum atomic E-state index is 13.2. The van der Waals surface area contributed by atoms with Crippen molar-refractivity contribution in [2.45, 2.75) is 20.0 Å². The summed E-state index contributed by atoms with van der Waals surface area (Å²) >= 11 is 1.43. The first kappa shape index (κ1) is 13.5. The van der Waals surface area contributed by atoms with Crippen molar-refractivity contribution in [3.63, 3.8) is 0 Å². The second-order valence-corrected chi connectivity index (χ2v) is 6.52. The van der Waals surface area contributed by atoms with E-state index < -0.39 is 0 Å². The van der Waals surface area contributed by atoms with Crippen LogP contribution in [0.3, 0.4) is 0 Å². The lowest BCUT2D eigenvalue weighted by Crippen LogP contribution is -2.30. The van der Waals surface area contributed by atoms with E-state index in [1.807, 2.05) is 0 Å². The van der Waals surface area contributed by atoms with E-state index in [-0.39, 0.29) is 17.9 Å². The number of halogens is 1. The van der Waals surface area contributed by atoms with Gasteiger partial charge in [0.25, 0.3) is 0 Å². The van der Waals surface area contributed by atoms with Gasteiger partial charge in [-0.2, -0.15) is 0 Å². The summed E-state index contributed by atoms with van der Waals surface area (Å²) in [4.78, 5) is 18.3. The van der Waals surface area contributed by atoms with Gasteiger partial charge in [-0.15, -0.1) is 11.3 Å². The first-order valence-corrected chi connectivity index (χ1v) is 7.44. The summed E-state index contributed by atoms with van der Waals surface area (Å²) in [5.41, 5.74) is 0.775. The molecule has 1 fully saturated rings. The van der Waals surface area contributed by atoms with Crippen molar-refractivity contribution in [1.82, 2.24) is 15.2 Å². The quantitative estimate of drug-likeness (QED) is 0.946. The van der Waals surface area contributed by atoms with Gasteiger partial charge in [-0.1, -0.05) is 13.8 Å². The standard InChI is InChI=1S/C14H16FN3OS/c1-8(2)6-18-7-12(19)17-13(18)14-16-10-4-3-9(15)5-11(10)20-14/h3-5,8,13H,6-7H2,1-2H3,(H,17,19)/t13-/m0/s1. The minimum Gasteiger partial charge on any atom is -0.333 e. The second-order valence-electron chi connectivity index (χ2n) is 5.46. The molecule has 1 amide bonds. The fraction of sp³-hybridized carbons (Fsp3) is 0.429. The van der Waals surface area contributed by atoms with Crippen molar-refractivity contribution in [3.05, 3.63) is 29.0 Å². The van der Waals surface area contributed by atoms with Crippen molar-refractivity contribution in [2.24, 2.45) is 5.92 Å². The van der Waals surface area contributed by atoms with E-state index in [2.05, 4.69) is 29.0 Å². The van der Waals surface area contributed by atoms with Crippen LogP contribution in [0.25, 0.3) is 10.2 Å². The molecule has 106 valence electrons. The number of hydrogen-bond donors (Lipinski definition) is 1. The molecule has 0 unspecified atom stereocenters. The predicted octanol–water partition coefficient (Wildman–Crippen LogP) is 2.52. The summed E-state index contributed by atoms with van der Waals surface area (Å²) < 4.78 is 14.0. The lowest BCUT2D eigenvalue weighted by Gasteiger charge is -2.22. The molecule has 0 saturated carbocycles. The molecule has 1 aliphatic heterocycles. The summed E-state index contributed by atoms with van der Waals surface area (Å²) in [5, 5.41) is 3.76. The van der Waals surface area contributed by atoms with Crippen LogP contribution in [0.2, 0.25) is 0 Å². The van der Waals surface area contributed by atoms with E-state index in [0.29, 0.717) is 12.5 Å². The van der Waals surface area contributed by atoms with Gasteiger partial charge in [-0.3, -0.25) is 9.69 Å². The molecular weight excluding hydrogens is 277 g/mol. The van der Waals surface area contributed by atoms with Crippen LogP contribution in [0, 0.1) is 11.7 Å². The van der Waals surface area contributed by atoms with Crippen LogP contribution in [-0.2, 0) is 4.79 Å². The Labute approximate surface area is 120 Å². The normalized spacial score (nSPS) is 20.0. The molecule has 6 heteroatoms. The zero-order chi connectivity index (χ0) is 14.3. The van der Waals surface area contributed by atoms with Gasteiger partial charge in [0.1, 0.15) is 17.0 Å². The van der Waals surface area contributed by atoms with Crippen molar-refractivity contribution in [3.8, 4) is 0 Å². The molecule has 1 saturated heterocycles. The van der Waals surface area contributed by atoms with E-state index in [4.69, 9.17) is 0 Å². The molecule has 20 heavy (non-hydrogen) atoms. The number of aromatic nitrogens is 1. The Bertz CT molecular complexity index is 655. The largest absolute Gasteiger partial charge is 0.333 e. The molecule has 4 nitrogen and oxygen atoms in total. The van der Waals surface area contributed by atoms with Crippen LogP contribution < -0.4 is 5.32 Å². The van der Waals surface area contributed by atoms with Crippen molar-refractivity contribution in [2.75, 3.05) is 13.1 Å². The van der Waals surface area contributed by atoms with Crippen LogP contribution >= 0.6 is 11.3 Å². The highest BCUT2D eigenvalue weighted by Gasteiger charge is 2.33. The number of carbonyl (C=O) groups excluding carboxylic acids is 1. The molecular formula is C14H16FN3OS. The monoisotopic (exact) mass is 293 g/mol. The predicted molar refractivity (Wildman–Crippen MR) is 76.9 cm³/mol. The number of hydrogen-bond acceptors (Lipinski definition) is 4. The maximum absolute atomic E-state index is 13.2. The molecule has 0 radical (unpaired) electrons. The van der Waals surface area contributed by atoms with Crippen LogP contribution in [0.4, 0.5) is 4.39 Å². The highest BCUT2D eigenvalue weighted by atomic mass is 32.1. The molecule has 0 bridgehead atoms. The SMILES string of the molecule is CC(C)CN1CC(=O)N[C@@H]1c1nc2ccc(F)cc2s1. The second kappa shape index (κ2) is 5.10. The summed E-state index contributed by atoms with van der Waals surface area (Å²) in [6.07, 6.45) is -0.189.